The van der Waals surface area contributed by atoms with Crippen LogP contribution in [0.25, 0.3) is 0 Å². The van der Waals surface area contributed by atoms with E-state index in [-0.39, 0.29) is 24.3 Å². The highest BCUT2D eigenvalue weighted by atomic mass is 19.1. The molecule has 4 rings (SSSR count). The highest BCUT2D eigenvalue weighted by molar-refractivity contribution is 5.81. The molecule has 0 spiro atoms. The van der Waals surface area contributed by atoms with E-state index in [0.29, 0.717) is 37.2 Å². The van der Waals surface area contributed by atoms with E-state index in [9.17, 15) is 14.3 Å². The fourth-order valence-electron chi connectivity index (χ4n) is 4.21. The number of rotatable bonds is 5. The van der Waals surface area contributed by atoms with Gasteiger partial charge in [-0.2, -0.15) is 0 Å². The van der Waals surface area contributed by atoms with Gasteiger partial charge in [0, 0.05) is 31.2 Å². The molecule has 7 nitrogen and oxygen atoms in total. The number of carbonyl (C=O) groups is 1. The van der Waals surface area contributed by atoms with E-state index in [0.717, 1.165) is 12.1 Å². The molecule has 0 bridgehead atoms. The molecule has 2 heterocycles. The van der Waals surface area contributed by atoms with Gasteiger partial charge in [0.05, 0.1) is 24.9 Å². The maximum atomic E-state index is 13.0. The monoisotopic (exact) mass is 385 g/mol. The summed E-state index contributed by atoms with van der Waals surface area (Å²) >= 11 is 0. The Hall–Kier alpha value is -2.74. The smallest absolute Gasteiger partial charge is 0.241 e. The first-order valence-electron chi connectivity index (χ1n) is 9.56. The summed E-state index contributed by atoms with van der Waals surface area (Å²) in [5.74, 6) is 1.03. The summed E-state index contributed by atoms with van der Waals surface area (Å²) in [6.45, 7) is 1.54. The quantitative estimate of drug-likeness (QED) is 0.726. The van der Waals surface area contributed by atoms with Crippen molar-refractivity contribution in [2.45, 2.75) is 25.0 Å². The fraction of sp³-hybridized carbons (Fsp3) is 0.450. The van der Waals surface area contributed by atoms with Crippen LogP contribution in [-0.2, 0) is 4.79 Å². The first kappa shape index (κ1) is 18.6. The minimum Gasteiger partial charge on any atom is -0.391 e. The van der Waals surface area contributed by atoms with Gasteiger partial charge in [-0.05, 0) is 48.9 Å². The molecule has 4 atom stereocenters. The Bertz CT molecular complexity index is 804. The Labute approximate surface area is 163 Å². The van der Waals surface area contributed by atoms with Crippen molar-refractivity contribution in [1.82, 2.24) is 14.9 Å². The van der Waals surface area contributed by atoms with E-state index in [1.807, 2.05) is 4.90 Å². The predicted octanol–water partition coefficient (Wildman–Crippen LogP) is 1.74. The van der Waals surface area contributed by atoms with Crippen molar-refractivity contribution < 1.29 is 14.3 Å². The summed E-state index contributed by atoms with van der Waals surface area (Å²) in [5, 5.41) is 16.8. The second-order valence-electron chi connectivity index (χ2n) is 7.56. The zero-order valence-corrected chi connectivity index (χ0v) is 15.5. The van der Waals surface area contributed by atoms with E-state index in [4.69, 9.17) is 0 Å². The first-order valence-corrected chi connectivity index (χ1v) is 9.56. The van der Waals surface area contributed by atoms with Gasteiger partial charge in [-0.1, -0.05) is 0 Å². The van der Waals surface area contributed by atoms with Crippen LogP contribution in [0.15, 0.2) is 42.9 Å². The van der Waals surface area contributed by atoms with Gasteiger partial charge < -0.3 is 20.6 Å². The lowest BCUT2D eigenvalue weighted by Crippen LogP contribution is -2.43. The highest BCUT2D eigenvalue weighted by Gasteiger charge is 2.42. The topological polar surface area (TPSA) is 90.4 Å². The van der Waals surface area contributed by atoms with E-state index >= 15 is 0 Å². The van der Waals surface area contributed by atoms with Gasteiger partial charge in [-0.3, -0.25) is 9.78 Å². The second kappa shape index (κ2) is 8.10. The number of fused-ring (bicyclic) bond motifs is 1. The molecule has 8 heteroatoms. The Morgan fingerprint density at radius 3 is 2.64 bits per heavy atom. The highest BCUT2D eigenvalue weighted by Crippen LogP contribution is 2.37. The van der Waals surface area contributed by atoms with Crippen LogP contribution < -0.4 is 10.6 Å². The van der Waals surface area contributed by atoms with Crippen LogP contribution in [0.3, 0.4) is 0 Å². The van der Waals surface area contributed by atoms with Crippen molar-refractivity contribution in [2.75, 3.05) is 30.3 Å². The molecule has 1 amide bonds. The number of benzene rings is 1. The molecule has 1 aliphatic carbocycles. The van der Waals surface area contributed by atoms with Crippen LogP contribution in [-0.4, -0.2) is 57.7 Å². The molecule has 0 unspecified atom stereocenters. The summed E-state index contributed by atoms with van der Waals surface area (Å²) in [7, 11) is 0. The van der Waals surface area contributed by atoms with Gasteiger partial charge in [0.15, 0.2) is 0 Å². The van der Waals surface area contributed by atoms with Crippen molar-refractivity contribution in [3.8, 4) is 0 Å². The molecular weight excluding hydrogens is 361 g/mol. The van der Waals surface area contributed by atoms with E-state index in [2.05, 4.69) is 20.6 Å². The lowest BCUT2D eigenvalue weighted by Gasteiger charge is -2.35. The van der Waals surface area contributed by atoms with Gasteiger partial charge in [-0.15, -0.1) is 0 Å². The molecular formula is C20H24FN5O2. The molecule has 2 aliphatic rings. The third kappa shape index (κ3) is 4.22. The lowest BCUT2D eigenvalue weighted by atomic mass is 9.77. The number of carbonyl (C=O) groups excluding carboxylic acids is 1. The number of aromatic nitrogens is 2. The normalized spacial score (nSPS) is 26.6. The molecule has 148 valence electrons. The van der Waals surface area contributed by atoms with E-state index in [1.54, 1.807) is 30.7 Å². The lowest BCUT2D eigenvalue weighted by molar-refractivity contribution is -0.128. The van der Waals surface area contributed by atoms with Crippen LogP contribution >= 0.6 is 0 Å². The first-order chi connectivity index (χ1) is 13.6. The van der Waals surface area contributed by atoms with Crippen molar-refractivity contribution in [2.24, 2.45) is 11.8 Å². The SMILES string of the molecule is O=C(CNc1ccc(F)cc1)N1C[C@H]2C[C@@H](Nc3cnccn3)[C@H](O)C[C@H]2C1. The van der Waals surface area contributed by atoms with Crippen LogP contribution in [0, 0.1) is 17.7 Å². The Morgan fingerprint density at radius 2 is 1.93 bits per heavy atom. The molecule has 1 aromatic heterocycles. The molecule has 0 radical (unpaired) electrons. The molecule has 2 aromatic rings. The Morgan fingerprint density at radius 1 is 1.18 bits per heavy atom. The van der Waals surface area contributed by atoms with E-state index < -0.39 is 6.10 Å². The third-order valence-electron chi connectivity index (χ3n) is 5.68. The molecule has 28 heavy (non-hydrogen) atoms. The molecule has 1 saturated carbocycles. The average Bonchev–Trinajstić information content (AvgIpc) is 3.11. The molecule has 1 aliphatic heterocycles. The van der Waals surface area contributed by atoms with Crippen molar-refractivity contribution >= 4 is 17.4 Å². The number of amides is 1. The largest absolute Gasteiger partial charge is 0.391 e. The van der Waals surface area contributed by atoms with Gasteiger partial charge in [0.25, 0.3) is 0 Å². The summed E-state index contributed by atoms with van der Waals surface area (Å²) in [6.07, 6.45) is 5.85. The molecule has 3 N–H and O–H groups in total. The predicted molar refractivity (Wildman–Crippen MR) is 103 cm³/mol. The van der Waals surface area contributed by atoms with Crippen molar-refractivity contribution in [1.29, 1.82) is 0 Å². The molecule has 1 aromatic carbocycles. The number of anilines is 2. The van der Waals surface area contributed by atoms with Gasteiger partial charge in [-0.25, -0.2) is 9.37 Å². The van der Waals surface area contributed by atoms with Gasteiger partial charge in [0.1, 0.15) is 11.6 Å². The standard InChI is InChI=1S/C20H24FN5O2/c21-15-1-3-16(4-2-15)24-10-20(28)26-11-13-7-17(18(27)8-14(13)12-26)25-19-9-22-5-6-23-19/h1-6,9,13-14,17-18,24,27H,7-8,10-12H2,(H,23,25)/t13-,14+,17-,18-/m1/s1. The maximum Gasteiger partial charge on any atom is 0.241 e. The molecule has 1 saturated heterocycles. The number of likely N-dealkylation sites (tertiary alicyclic amines) is 1. The number of hydrogen-bond donors (Lipinski definition) is 3. The van der Waals surface area contributed by atoms with Crippen LogP contribution in [0.4, 0.5) is 15.9 Å². The number of nitrogens with one attached hydrogen (secondary N) is 2. The van der Waals surface area contributed by atoms with Crippen molar-refractivity contribution in [3.63, 3.8) is 0 Å². The van der Waals surface area contributed by atoms with Gasteiger partial charge >= 0.3 is 0 Å². The van der Waals surface area contributed by atoms with Crippen LogP contribution in [0.1, 0.15) is 12.8 Å². The minimum absolute atomic E-state index is 0.0200. The second-order valence-corrected chi connectivity index (χ2v) is 7.56. The average molecular weight is 385 g/mol. The number of halogens is 1. The van der Waals surface area contributed by atoms with Gasteiger partial charge in [0.2, 0.25) is 5.91 Å². The zero-order valence-electron chi connectivity index (χ0n) is 15.5. The van der Waals surface area contributed by atoms with Crippen molar-refractivity contribution in [3.05, 3.63) is 48.7 Å². The summed E-state index contributed by atoms with van der Waals surface area (Å²) < 4.78 is 13.0. The van der Waals surface area contributed by atoms with E-state index in [1.165, 1.54) is 12.1 Å². The van der Waals surface area contributed by atoms with Crippen LogP contribution in [0.5, 0.6) is 0 Å². The Kier molecular flexibility index (Phi) is 5.38. The maximum absolute atomic E-state index is 13.0. The number of nitrogens with zero attached hydrogens (tertiary/aromatic N) is 3. The fourth-order valence-corrected chi connectivity index (χ4v) is 4.21. The zero-order chi connectivity index (χ0) is 19.5. The number of hydrogen-bond acceptors (Lipinski definition) is 6. The summed E-state index contributed by atoms with van der Waals surface area (Å²) in [6, 6.07) is 5.87. The minimum atomic E-state index is -0.476. The number of aliphatic hydroxyl groups excluding tert-OH is 1. The van der Waals surface area contributed by atoms with Crippen LogP contribution in [0.2, 0.25) is 0 Å². The number of aliphatic hydroxyl groups is 1. The summed E-state index contributed by atoms with van der Waals surface area (Å²) in [4.78, 5) is 22.7. The Balaban J connectivity index is 1.31. The summed E-state index contributed by atoms with van der Waals surface area (Å²) in [5.41, 5.74) is 0.718. The third-order valence-corrected chi connectivity index (χ3v) is 5.68. The molecule has 2 fully saturated rings.